The highest BCUT2D eigenvalue weighted by atomic mass is 35.5. The number of hydrogen-bond acceptors (Lipinski definition) is 0. The molecule has 0 aliphatic heterocycles. The zero-order valence-electron chi connectivity index (χ0n) is 9.19. The summed E-state index contributed by atoms with van der Waals surface area (Å²) in [6.07, 6.45) is 0. The summed E-state index contributed by atoms with van der Waals surface area (Å²) in [6.45, 7) is 10.4. The summed E-state index contributed by atoms with van der Waals surface area (Å²) in [5.41, 5.74) is 2.46. The van der Waals surface area contributed by atoms with Crippen LogP contribution in [0.15, 0.2) is 18.2 Å². The Labute approximate surface area is 86.9 Å². The molecular formula is C12H19Cl. The highest BCUT2D eigenvalue weighted by Crippen LogP contribution is 2.21. The third kappa shape index (κ3) is 3.82. The molecule has 0 heterocycles. The maximum absolute atomic E-state index is 5.96. The average molecular weight is 199 g/mol. The first-order valence-electron chi connectivity index (χ1n) is 4.87. The molecule has 1 heteroatoms. The Morgan fingerprint density at radius 1 is 1.15 bits per heavy atom. The zero-order chi connectivity index (χ0) is 10.4. The maximum atomic E-state index is 5.96. The van der Waals surface area contributed by atoms with E-state index in [4.69, 9.17) is 11.6 Å². The summed E-state index contributed by atoms with van der Waals surface area (Å²) in [5.74, 6) is 0.563. The molecule has 0 N–H and O–H groups in total. The molecule has 0 unspecified atom stereocenters. The first kappa shape index (κ1) is 12.5. The van der Waals surface area contributed by atoms with Gasteiger partial charge < -0.3 is 0 Å². The van der Waals surface area contributed by atoms with Gasteiger partial charge in [0.15, 0.2) is 0 Å². The van der Waals surface area contributed by atoms with Crippen LogP contribution in [0.25, 0.3) is 0 Å². The molecule has 0 fully saturated rings. The van der Waals surface area contributed by atoms with Gasteiger partial charge in [-0.1, -0.05) is 51.4 Å². The molecule has 0 saturated carbocycles. The molecule has 0 saturated heterocycles. The van der Waals surface area contributed by atoms with Crippen molar-refractivity contribution in [3.63, 3.8) is 0 Å². The molecule has 1 aromatic carbocycles. The molecule has 0 bridgehead atoms. The smallest absolute Gasteiger partial charge is 0.0438 e. The van der Waals surface area contributed by atoms with Gasteiger partial charge in [-0.2, -0.15) is 0 Å². The van der Waals surface area contributed by atoms with Crippen LogP contribution in [0.3, 0.4) is 0 Å². The minimum Gasteiger partial charge on any atom is -0.0840 e. The van der Waals surface area contributed by atoms with Crippen LogP contribution in [0.5, 0.6) is 0 Å². The van der Waals surface area contributed by atoms with Crippen LogP contribution in [-0.2, 0) is 0 Å². The predicted molar refractivity (Wildman–Crippen MR) is 61.6 cm³/mol. The van der Waals surface area contributed by atoms with Crippen molar-refractivity contribution in [2.45, 2.75) is 40.5 Å². The van der Waals surface area contributed by atoms with Crippen LogP contribution < -0.4 is 0 Å². The van der Waals surface area contributed by atoms with Gasteiger partial charge in [0.1, 0.15) is 0 Å². The van der Waals surface area contributed by atoms with Crippen molar-refractivity contribution < 1.29 is 0 Å². The van der Waals surface area contributed by atoms with Crippen molar-refractivity contribution in [2.75, 3.05) is 0 Å². The Balaban J connectivity index is 0.000000671. The molecule has 0 spiro atoms. The van der Waals surface area contributed by atoms with Crippen LogP contribution in [0.4, 0.5) is 0 Å². The summed E-state index contributed by atoms with van der Waals surface area (Å²) < 4.78 is 0. The van der Waals surface area contributed by atoms with Crippen molar-refractivity contribution in [3.8, 4) is 0 Å². The second-order valence-electron chi connectivity index (χ2n) is 3.16. The van der Waals surface area contributed by atoms with Gasteiger partial charge in [0.25, 0.3) is 0 Å². The maximum Gasteiger partial charge on any atom is 0.0438 e. The van der Waals surface area contributed by atoms with Crippen LogP contribution in [0, 0.1) is 6.92 Å². The Morgan fingerprint density at radius 2 is 1.69 bits per heavy atom. The van der Waals surface area contributed by atoms with E-state index in [2.05, 4.69) is 26.0 Å². The summed E-state index contributed by atoms with van der Waals surface area (Å²) in [5, 5.41) is 0.871. The SMILES string of the molecule is CC.Cc1ccc(C(C)C)cc1Cl. The number of aryl methyl sites for hydroxylation is 1. The van der Waals surface area contributed by atoms with Crippen molar-refractivity contribution in [1.82, 2.24) is 0 Å². The molecule has 0 aliphatic rings. The van der Waals surface area contributed by atoms with E-state index in [0.717, 1.165) is 10.6 Å². The van der Waals surface area contributed by atoms with E-state index in [9.17, 15) is 0 Å². The Hall–Kier alpha value is -0.490. The third-order valence-corrected chi connectivity index (χ3v) is 2.27. The van der Waals surface area contributed by atoms with E-state index >= 15 is 0 Å². The van der Waals surface area contributed by atoms with E-state index < -0.39 is 0 Å². The molecule has 13 heavy (non-hydrogen) atoms. The lowest BCUT2D eigenvalue weighted by Gasteiger charge is -2.06. The molecule has 0 atom stereocenters. The molecule has 0 radical (unpaired) electrons. The van der Waals surface area contributed by atoms with Gasteiger partial charge in [-0.15, -0.1) is 0 Å². The molecule has 0 aliphatic carbocycles. The fourth-order valence-electron chi connectivity index (χ4n) is 0.968. The number of benzene rings is 1. The van der Waals surface area contributed by atoms with Gasteiger partial charge in [0.05, 0.1) is 0 Å². The van der Waals surface area contributed by atoms with Crippen LogP contribution in [0.2, 0.25) is 5.02 Å². The zero-order valence-corrected chi connectivity index (χ0v) is 9.94. The van der Waals surface area contributed by atoms with Gasteiger partial charge >= 0.3 is 0 Å². The van der Waals surface area contributed by atoms with Gasteiger partial charge in [-0.25, -0.2) is 0 Å². The molecule has 0 aromatic heterocycles. The monoisotopic (exact) mass is 198 g/mol. The number of hydrogen-bond donors (Lipinski definition) is 0. The summed E-state index contributed by atoms with van der Waals surface area (Å²) in [7, 11) is 0. The molecule has 0 amide bonds. The molecule has 0 nitrogen and oxygen atoms in total. The minimum atomic E-state index is 0.563. The first-order valence-corrected chi connectivity index (χ1v) is 5.25. The van der Waals surface area contributed by atoms with Crippen molar-refractivity contribution in [1.29, 1.82) is 0 Å². The summed E-state index contributed by atoms with van der Waals surface area (Å²) >= 11 is 5.96. The first-order chi connectivity index (χ1) is 6.11. The second kappa shape index (κ2) is 6.04. The third-order valence-electron chi connectivity index (χ3n) is 1.86. The lowest BCUT2D eigenvalue weighted by Crippen LogP contribution is -1.87. The van der Waals surface area contributed by atoms with Crippen molar-refractivity contribution in [3.05, 3.63) is 34.3 Å². The topological polar surface area (TPSA) is 0 Å². The highest BCUT2D eigenvalue weighted by Gasteiger charge is 2.00. The average Bonchev–Trinajstić information content (AvgIpc) is 2.13. The van der Waals surface area contributed by atoms with Gasteiger partial charge in [-0.3, -0.25) is 0 Å². The lowest BCUT2D eigenvalue weighted by molar-refractivity contribution is 0.866. The van der Waals surface area contributed by atoms with E-state index in [1.165, 1.54) is 5.56 Å². The highest BCUT2D eigenvalue weighted by molar-refractivity contribution is 6.31. The van der Waals surface area contributed by atoms with E-state index in [-0.39, 0.29) is 0 Å². The van der Waals surface area contributed by atoms with Crippen molar-refractivity contribution >= 4 is 11.6 Å². The predicted octanol–water partition coefficient (Wildman–Crippen LogP) is 4.80. The molecular weight excluding hydrogens is 180 g/mol. The van der Waals surface area contributed by atoms with Crippen molar-refractivity contribution in [2.24, 2.45) is 0 Å². The molecule has 1 aromatic rings. The van der Waals surface area contributed by atoms with Crippen LogP contribution in [0.1, 0.15) is 44.7 Å². The Bertz CT molecular complexity index is 251. The van der Waals surface area contributed by atoms with Gasteiger partial charge in [0, 0.05) is 5.02 Å². The Morgan fingerprint density at radius 3 is 2.08 bits per heavy atom. The number of rotatable bonds is 1. The van der Waals surface area contributed by atoms with Crippen LogP contribution >= 0.6 is 11.6 Å². The van der Waals surface area contributed by atoms with Gasteiger partial charge in [0.2, 0.25) is 0 Å². The van der Waals surface area contributed by atoms with E-state index in [0.29, 0.717) is 5.92 Å². The molecule has 74 valence electrons. The quantitative estimate of drug-likeness (QED) is 0.608. The normalized spacial score (nSPS) is 9.46. The van der Waals surface area contributed by atoms with Crippen LogP contribution in [-0.4, -0.2) is 0 Å². The fraction of sp³-hybridized carbons (Fsp3) is 0.500. The minimum absolute atomic E-state index is 0.563. The molecule has 1 rings (SSSR count). The Kier molecular flexibility index (Phi) is 5.81. The summed E-state index contributed by atoms with van der Waals surface area (Å²) in [6, 6.07) is 6.24. The van der Waals surface area contributed by atoms with Gasteiger partial charge in [-0.05, 0) is 30.0 Å². The summed E-state index contributed by atoms with van der Waals surface area (Å²) in [4.78, 5) is 0. The largest absolute Gasteiger partial charge is 0.0840 e. The second-order valence-corrected chi connectivity index (χ2v) is 3.57. The van der Waals surface area contributed by atoms with E-state index in [1.807, 2.05) is 26.8 Å². The number of halogens is 1. The van der Waals surface area contributed by atoms with E-state index in [1.54, 1.807) is 0 Å². The lowest BCUT2D eigenvalue weighted by atomic mass is 10.0. The fourth-order valence-corrected chi connectivity index (χ4v) is 1.16. The standard InChI is InChI=1S/C10H13Cl.C2H6/c1-7(2)9-5-4-8(3)10(11)6-9;1-2/h4-7H,1-3H3;1-2H3.